The van der Waals surface area contributed by atoms with Crippen LogP contribution in [-0.2, 0) is 0 Å². The van der Waals surface area contributed by atoms with E-state index in [-0.39, 0.29) is 5.91 Å². The fraction of sp³-hybridized carbons (Fsp3) is 0.588. The van der Waals surface area contributed by atoms with Gasteiger partial charge in [-0.1, -0.05) is 11.8 Å². The summed E-state index contributed by atoms with van der Waals surface area (Å²) in [5.74, 6) is 8.39. The number of carbonyl (C=O) groups is 1. The molecular formula is C17H22N2OS. The van der Waals surface area contributed by atoms with Gasteiger partial charge in [-0.25, -0.2) is 0 Å². The summed E-state index contributed by atoms with van der Waals surface area (Å²) >= 11 is 1.47. The highest BCUT2D eigenvalue weighted by Crippen LogP contribution is 2.48. The maximum atomic E-state index is 12.3. The molecule has 3 nitrogen and oxygen atoms in total. The smallest absolute Gasteiger partial charge is 0.261 e. The van der Waals surface area contributed by atoms with Crippen LogP contribution in [0.15, 0.2) is 6.07 Å². The zero-order valence-electron chi connectivity index (χ0n) is 12.4. The maximum absolute atomic E-state index is 12.3. The molecule has 3 N–H and O–H groups in total. The Bertz CT molecular complexity index is 576. The second-order valence-corrected chi connectivity index (χ2v) is 7.23. The summed E-state index contributed by atoms with van der Waals surface area (Å²) in [6, 6.07) is 1.93. The van der Waals surface area contributed by atoms with Gasteiger partial charge >= 0.3 is 0 Å². The summed E-state index contributed by atoms with van der Waals surface area (Å²) in [6.07, 6.45) is 5.42. The fourth-order valence-electron chi connectivity index (χ4n) is 2.91. The van der Waals surface area contributed by atoms with Gasteiger partial charge in [-0.05, 0) is 62.0 Å². The lowest BCUT2D eigenvalue weighted by atomic mass is 9.98. The minimum atomic E-state index is 0.0511. The molecule has 2 aliphatic rings. The Hall–Kier alpha value is -1.31. The van der Waals surface area contributed by atoms with Crippen molar-refractivity contribution in [2.24, 2.45) is 23.5 Å². The number of nitrogens with two attached hydrogens (primary N) is 1. The van der Waals surface area contributed by atoms with Crippen molar-refractivity contribution in [3.8, 4) is 11.8 Å². The van der Waals surface area contributed by atoms with Crippen LogP contribution in [0.3, 0.4) is 0 Å². The molecule has 2 aliphatic carbocycles. The van der Waals surface area contributed by atoms with Gasteiger partial charge in [-0.2, -0.15) is 0 Å². The number of hydrogen-bond acceptors (Lipinski definition) is 3. The average molecular weight is 302 g/mol. The van der Waals surface area contributed by atoms with Crippen LogP contribution >= 0.6 is 11.3 Å². The van der Waals surface area contributed by atoms with Crippen molar-refractivity contribution >= 4 is 17.2 Å². The second-order valence-electron chi connectivity index (χ2n) is 6.18. The quantitative estimate of drug-likeness (QED) is 0.821. The summed E-state index contributed by atoms with van der Waals surface area (Å²) in [5.41, 5.74) is 6.46. The number of thiophene rings is 1. The molecule has 0 unspecified atom stereocenters. The van der Waals surface area contributed by atoms with Crippen LogP contribution in [0.4, 0.5) is 0 Å². The lowest BCUT2D eigenvalue weighted by Gasteiger charge is -2.15. The van der Waals surface area contributed by atoms with E-state index in [0.717, 1.165) is 33.7 Å². The van der Waals surface area contributed by atoms with Gasteiger partial charge in [0.1, 0.15) is 0 Å². The van der Waals surface area contributed by atoms with Gasteiger partial charge in [-0.3, -0.25) is 4.79 Å². The topological polar surface area (TPSA) is 55.1 Å². The van der Waals surface area contributed by atoms with Crippen LogP contribution in [0.1, 0.15) is 45.8 Å². The van der Waals surface area contributed by atoms with Gasteiger partial charge in [-0.15, -0.1) is 11.3 Å². The van der Waals surface area contributed by atoms with Crippen LogP contribution in [0, 0.1) is 36.5 Å². The van der Waals surface area contributed by atoms with Crippen LogP contribution in [-0.4, -0.2) is 19.0 Å². The first kappa shape index (κ1) is 14.6. The van der Waals surface area contributed by atoms with E-state index >= 15 is 0 Å². The molecule has 1 aromatic heterocycles. The Morgan fingerprint density at radius 3 is 2.67 bits per heavy atom. The molecule has 3 rings (SSSR count). The minimum absolute atomic E-state index is 0.0511. The molecule has 0 saturated heterocycles. The van der Waals surface area contributed by atoms with Gasteiger partial charge in [0.15, 0.2) is 0 Å². The fourth-order valence-corrected chi connectivity index (χ4v) is 3.88. The molecule has 0 bridgehead atoms. The number of rotatable bonds is 5. The molecule has 0 atom stereocenters. The molecule has 1 heterocycles. The van der Waals surface area contributed by atoms with Gasteiger partial charge in [0.25, 0.3) is 5.91 Å². The van der Waals surface area contributed by atoms with E-state index in [1.54, 1.807) is 0 Å². The first-order chi connectivity index (χ1) is 10.2. The van der Waals surface area contributed by atoms with Crippen molar-refractivity contribution in [1.29, 1.82) is 0 Å². The average Bonchev–Trinajstić information content (AvgIpc) is 3.36. The van der Waals surface area contributed by atoms with Crippen molar-refractivity contribution in [2.75, 3.05) is 13.1 Å². The predicted octanol–water partition coefficient (Wildman–Crippen LogP) is 2.53. The first-order valence-corrected chi connectivity index (χ1v) is 8.58. The third-order valence-corrected chi connectivity index (χ3v) is 5.55. The van der Waals surface area contributed by atoms with Crippen molar-refractivity contribution in [3.05, 3.63) is 21.4 Å². The van der Waals surface area contributed by atoms with E-state index in [4.69, 9.17) is 5.73 Å². The molecule has 0 spiro atoms. The Morgan fingerprint density at radius 2 is 2.10 bits per heavy atom. The largest absolute Gasteiger partial charge is 0.351 e. The lowest BCUT2D eigenvalue weighted by molar-refractivity contribution is 0.0947. The number of aryl methyl sites for hydroxylation is 1. The summed E-state index contributed by atoms with van der Waals surface area (Å²) in [4.78, 5) is 14.0. The van der Waals surface area contributed by atoms with Gasteiger partial charge < -0.3 is 11.1 Å². The second kappa shape index (κ2) is 6.21. The number of amides is 1. The number of nitrogens with one attached hydrogen (secondary N) is 1. The number of carbonyl (C=O) groups excluding carboxylic acids is 1. The standard InChI is InChI=1S/C17H22N2OS/c1-11-9-16(21-15(11)3-2-8-18)17(20)19-10-14(12-4-5-12)13-6-7-13/h9,12-14H,4-8,10,18H2,1H3,(H,19,20). The SMILES string of the molecule is Cc1cc(C(=O)NCC(C2CC2)C2CC2)sc1C#CCN. The van der Waals surface area contributed by atoms with Crippen LogP contribution in [0.25, 0.3) is 0 Å². The minimum Gasteiger partial charge on any atom is -0.351 e. The first-order valence-electron chi connectivity index (χ1n) is 7.76. The molecule has 0 aromatic carbocycles. The monoisotopic (exact) mass is 302 g/mol. The Morgan fingerprint density at radius 1 is 1.43 bits per heavy atom. The summed E-state index contributed by atoms with van der Waals surface area (Å²) < 4.78 is 0. The zero-order chi connectivity index (χ0) is 14.8. The molecule has 21 heavy (non-hydrogen) atoms. The summed E-state index contributed by atoms with van der Waals surface area (Å²) in [5, 5.41) is 3.14. The molecule has 112 valence electrons. The van der Waals surface area contributed by atoms with Gasteiger partial charge in [0.2, 0.25) is 0 Å². The molecule has 2 fully saturated rings. The molecule has 2 saturated carbocycles. The maximum Gasteiger partial charge on any atom is 0.261 e. The van der Waals surface area contributed by atoms with Crippen LogP contribution in [0.2, 0.25) is 0 Å². The molecule has 0 radical (unpaired) electrons. The van der Waals surface area contributed by atoms with E-state index in [0.29, 0.717) is 12.5 Å². The Kier molecular flexibility index (Phi) is 4.32. The zero-order valence-corrected chi connectivity index (χ0v) is 13.3. The van der Waals surface area contributed by atoms with Gasteiger partial charge in [0, 0.05) is 6.54 Å². The van der Waals surface area contributed by atoms with Gasteiger partial charge in [0.05, 0.1) is 16.3 Å². The van der Waals surface area contributed by atoms with E-state index in [2.05, 4.69) is 17.2 Å². The molecule has 1 aromatic rings. The van der Waals surface area contributed by atoms with Crippen LogP contribution in [0.5, 0.6) is 0 Å². The highest BCUT2D eigenvalue weighted by atomic mass is 32.1. The molecule has 0 aliphatic heterocycles. The summed E-state index contributed by atoms with van der Waals surface area (Å²) in [7, 11) is 0. The number of hydrogen-bond donors (Lipinski definition) is 2. The van der Waals surface area contributed by atoms with Crippen LogP contribution < -0.4 is 11.1 Å². The van der Waals surface area contributed by atoms with E-state index in [1.807, 2.05) is 13.0 Å². The highest BCUT2D eigenvalue weighted by molar-refractivity contribution is 7.14. The van der Waals surface area contributed by atoms with Crippen molar-refractivity contribution in [1.82, 2.24) is 5.32 Å². The van der Waals surface area contributed by atoms with E-state index in [9.17, 15) is 4.79 Å². The highest BCUT2D eigenvalue weighted by Gasteiger charge is 2.41. The molecule has 1 amide bonds. The normalized spacial score (nSPS) is 17.5. The van der Waals surface area contributed by atoms with Crippen molar-refractivity contribution in [2.45, 2.75) is 32.6 Å². The lowest BCUT2D eigenvalue weighted by Crippen LogP contribution is -2.30. The third-order valence-electron chi connectivity index (χ3n) is 4.40. The summed E-state index contributed by atoms with van der Waals surface area (Å²) in [6.45, 7) is 3.18. The Balaban J connectivity index is 1.59. The van der Waals surface area contributed by atoms with E-state index in [1.165, 1.54) is 37.0 Å². The predicted molar refractivity (Wildman–Crippen MR) is 86.3 cm³/mol. The Labute approximate surface area is 130 Å². The molecular weight excluding hydrogens is 280 g/mol. The van der Waals surface area contributed by atoms with E-state index < -0.39 is 0 Å². The molecule has 4 heteroatoms. The van der Waals surface area contributed by atoms with Crippen molar-refractivity contribution < 1.29 is 4.79 Å². The third kappa shape index (κ3) is 3.66. The van der Waals surface area contributed by atoms with Crippen molar-refractivity contribution in [3.63, 3.8) is 0 Å².